The summed E-state index contributed by atoms with van der Waals surface area (Å²) in [6.07, 6.45) is 0.808. The molecule has 19 heavy (non-hydrogen) atoms. The Hall–Kier alpha value is -1.24. The molecular formula is C13H18N2O3S. The van der Waals surface area contributed by atoms with Gasteiger partial charge in [-0.2, -0.15) is 4.31 Å². The van der Waals surface area contributed by atoms with E-state index in [1.54, 1.807) is 19.2 Å². The van der Waals surface area contributed by atoms with Gasteiger partial charge in [-0.1, -0.05) is 12.1 Å². The minimum Gasteiger partial charge on any atom is -0.315 e. The second-order valence-electron chi connectivity index (χ2n) is 4.75. The molecule has 104 valence electrons. The third kappa shape index (κ3) is 2.86. The van der Waals surface area contributed by atoms with Gasteiger partial charge >= 0.3 is 0 Å². The number of nitrogens with one attached hydrogen (secondary N) is 1. The van der Waals surface area contributed by atoms with Gasteiger partial charge in [0.25, 0.3) is 0 Å². The quantitative estimate of drug-likeness (QED) is 0.832. The Labute approximate surface area is 113 Å². The lowest BCUT2D eigenvalue weighted by atomic mass is 10.2. The van der Waals surface area contributed by atoms with Crippen LogP contribution >= 0.6 is 0 Å². The monoisotopic (exact) mass is 282 g/mol. The summed E-state index contributed by atoms with van der Waals surface area (Å²) >= 11 is 0. The van der Waals surface area contributed by atoms with E-state index in [1.807, 2.05) is 0 Å². The SMILES string of the molecule is CC(=O)c1cccc(S(=O)(=O)N(C)C2CCNC2)c1. The van der Waals surface area contributed by atoms with E-state index in [4.69, 9.17) is 0 Å². The summed E-state index contributed by atoms with van der Waals surface area (Å²) in [6.45, 7) is 2.93. The van der Waals surface area contributed by atoms with Crippen LogP contribution in [0.2, 0.25) is 0 Å². The average Bonchev–Trinajstić information content (AvgIpc) is 2.91. The van der Waals surface area contributed by atoms with Crippen molar-refractivity contribution in [3.05, 3.63) is 29.8 Å². The van der Waals surface area contributed by atoms with Crippen molar-refractivity contribution in [1.82, 2.24) is 9.62 Å². The van der Waals surface area contributed by atoms with Gasteiger partial charge in [-0.3, -0.25) is 4.79 Å². The maximum absolute atomic E-state index is 12.5. The van der Waals surface area contributed by atoms with Gasteiger partial charge in [-0.15, -0.1) is 0 Å². The first-order valence-corrected chi connectivity index (χ1v) is 7.66. The highest BCUT2D eigenvalue weighted by Crippen LogP contribution is 2.20. The molecule has 1 heterocycles. The van der Waals surface area contributed by atoms with Crippen LogP contribution in [0.4, 0.5) is 0 Å². The Bertz CT molecular complexity index is 577. The van der Waals surface area contributed by atoms with E-state index < -0.39 is 10.0 Å². The average molecular weight is 282 g/mol. The van der Waals surface area contributed by atoms with Gasteiger partial charge in [0.15, 0.2) is 5.78 Å². The summed E-state index contributed by atoms with van der Waals surface area (Å²) < 4.78 is 26.4. The Morgan fingerprint density at radius 2 is 2.16 bits per heavy atom. The lowest BCUT2D eigenvalue weighted by Gasteiger charge is -2.23. The zero-order valence-corrected chi connectivity index (χ0v) is 11.9. The van der Waals surface area contributed by atoms with Crippen molar-refractivity contribution in [2.75, 3.05) is 20.1 Å². The second-order valence-corrected chi connectivity index (χ2v) is 6.75. The predicted molar refractivity (Wildman–Crippen MR) is 72.7 cm³/mol. The van der Waals surface area contributed by atoms with Crippen LogP contribution in [0.25, 0.3) is 0 Å². The van der Waals surface area contributed by atoms with E-state index in [1.165, 1.54) is 23.4 Å². The zero-order chi connectivity index (χ0) is 14.0. The first kappa shape index (κ1) is 14.2. The predicted octanol–water partition coefficient (Wildman–Crippen LogP) is 0.872. The van der Waals surface area contributed by atoms with Crippen LogP contribution in [0, 0.1) is 0 Å². The maximum Gasteiger partial charge on any atom is 0.243 e. The molecule has 1 aliphatic heterocycles. The number of rotatable bonds is 4. The van der Waals surface area contributed by atoms with E-state index in [-0.39, 0.29) is 16.7 Å². The lowest BCUT2D eigenvalue weighted by Crippen LogP contribution is -2.38. The molecule has 6 heteroatoms. The summed E-state index contributed by atoms with van der Waals surface area (Å²) in [5, 5.41) is 3.15. The van der Waals surface area contributed by atoms with Crippen molar-refractivity contribution < 1.29 is 13.2 Å². The van der Waals surface area contributed by atoms with Crippen LogP contribution < -0.4 is 5.32 Å². The molecule has 5 nitrogen and oxygen atoms in total. The molecule has 1 aliphatic rings. The molecule has 0 aliphatic carbocycles. The fourth-order valence-corrected chi connectivity index (χ4v) is 3.62. The normalized spacial score (nSPS) is 19.8. The Morgan fingerprint density at radius 1 is 1.42 bits per heavy atom. The van der Waals surface area contributed by atoms with Gasteiger partial charge in [0.2, 0.25) is 10.0 Å². The van der Waals surface area contributed by atoms with Crippen molar-refractivity contribution in [1.29, 1.82) is 0 Å². The molecule has 1 N–H and O–H groups in total. The molecule has 0 saturated carbocycles. The standard InChI is InChI=1S/C13H18N2O3S/c1-10(16)11-4-3-5-13(8-11)19(17,18)15(2)12-6-7-14-9-12/h3-5,8,12,14H,6-7,9H2,1-2H3. The number of ketones is 1. The number of sulfonamides is 1. The molecule has 1 aromatic rings. The van der Waals surface area contributed by atoms with E-state index in [2.05, 4.69) is 5.32 Å². The smallest absolute Gasteiger partial charge is 0.243 e. The third-order valence-corrected chi connectivity index (χ3v) is 5.37. The molecule has 0 radical (unpaired) electrons. The molecule has 0 aromatic heterocycles. The van der Waals surface area contributed by atoms with Gasteiger partial charge in [0.1, 0.15) is 0 Å². The molecule has 0 spiro atoms. The van der Waals surface area contributed by atoms with Crippen LogP contribution in [-0.4, -0.2) is 44.7 Å². The summed E-state index contributed by atoms with van der Waals surface area (Å²) in [6, 6.07) is 6.17. The van der Waals surface area contributed by atoms with Crippen molar-refractivity contribution in [3.8, 4) is 0 Å². The van der Waals surface area contributed by atoms with E-state index >= 15 is 0 Å². The number of carbonyl (C=O) groups excluding carboxylic acids is 1. The Balaban J connectivity index is 2.33. The van der Waals surface area contributed by atoms with Crippen LogP contribution in [0.5, 0.6) is 0 Å². The van der Waals surface area contributed by atoms with Gasteiger partial charge in [0.05, 0.1) is 4.90 Å². The van der Waals surface area contributed by atoms with Gasteiger partial charge in [-0.05, 0) is 32.0 Å². The van der Waals surface area contributed by atoms with E-state index in [0.717, 1.165) is 13.0 Å². The van der Waals surface area contributed by atoms with Crippen molar-refractivity contribution in [2.45, 2.75) is 24.3 Å². The van der Waals surface area contributed by atoms with Crippen molar-refractivity contribution >= 4 is 15.8 Å². The molecule has 1 saturated heterocycles. The summed E-state index contributed by atoms with van der Waals surface area (Å²) in [4.78, 5) is 11.5. The first-order chi connectivity index (χ1) is 8.93. The summed E-state index contributed by atoms with van der Waals surface area (Å²) in [5.41, 5.74) is 0.416. The number of carbonyl (C=O) groups is 1. The number of nitrogens with zero attached hydrogens (tertiary/aromatic N) is 1. The minimum atomic E-state index is -3.54. The molecule has 1 unspecified atom stereocenters. The van der Waals surface area contributed by atoms with Crippen LogP contribution in [0.1, 0.15) is 23.7 Å². The Kier molecular flexibility index (Phi) is 4.03. The van der Waals surface area contributed by atoms with Gasteiger partial charge in [0, 0.05) is 25.2 Å². The minimum absolute atomic E-state index is 0.0222. The number of hydrogen-bond acceptors (Lipinski definition) is 4. The van der Waals surface area contributed by atoms with Gasteiger partial charge in [-0.25, -0.2) is 8.42 Å². The Morgan fingerprint density at radius 3 is 2.74 bits per heavy atom. The molecule has 0 amide bonds. The van der Waals surface area contributed by atoms with Crippen molar-refractivity contribution in [3.63, 3.8) is 0 Å². The van der Waals surface area contributed by atoms with Crippen LogP contribution in [-0.2, 0) is 10.0 Å². The highest BCUT2D eigenvalue weighted by molar-refractivity contribution is 7.89. The number of benzene rings is 1. The van der Waals surface area contributed by atoms with Crippen LogP contribution in [0.3, 0.4) is 0 Å². The first-order valence-electron chi connectivity index (χ1n) is 6.22. The number of hydrogen-bond donors (Lipinski definition) is 1. The largest absolute Gasteiger partial charge is 0.315 e. The molecule has 0 bridgehead atoms. The molecule has 1 fully saturated rings. The number of likely N-dealkylation sites (N-methyl/N-ethyl adjacent to an activating group) is 1. The van der Waals surface area contributed by atoms with Crippen molar-refractivity contribution in [2.24, 2.45) is 0 Å². The molecular weight excluding hydrogens is 264 g/mol. The fraction of sp³-hybridized carbons (Fsp3) is 0.462. The van der Waals surface area contributed by atoms with Gasteiger partial charge < -0.3 is 5.32 Å². The highest BCUT2D eigenvalue weighted by Gasteiger charge is 2.30. The lowest BCUT2D eigenvalue weighted by molar-refractivity contribution is 0.101. The van der Waals surface area contributed by atoms with E-state index in [0.29, 0.717) is 12.1 Å². The van der Waals surface area contributed by atoms with E-state index in [9.17, 15) is 13.2 Å². The topological polar surface area (TPSA) is 66.5 Å². The summed E-state index contributed by atoms with van der Waals surface area (Å²) in [5.74, 6) is -0.137. The zero-order valence-electron chi connectivity index (χ0n) is 11.1. The van der Waals surface area contributed by atoms with Crippen LogP contribution in [0.15, 0.2) is 29.2 Å². The highest BCUT2D eigenvalue weighted by atomic mass is 32.2. The third-order valence-electron chi connectivity index (χ3n) is 3.47. The second kappa shape index (κ2) is 5.40. The molecule has 1 aromatic carbocycles. The fourth-order valence-electron chi connectivity index (χ4n) is 2.19. The number of Topliss-reactive ketones (excluding diaryl/α,β-unsaturated/α-hetero) is 1. The molecule has 2 rings (SSSR count). The maximum atomic E-state index is 12.5. The molecule has 1 atom stereocenters. The summed E-state index contributed by atoms with van der Waals surface area (Å²) in [7, 11) is -1.95.